The molecule has 1 aromatic carbocycles. The second-order valence-corrected chi connectivity index (χ2v) is 6.57. The number of hydrogen-bond acceptors (Lipinski definition) is 3. The van der Waals surface area contributed by atoms with E-state index >= 15 is 0 Å². The average molecular weight is 359 g/mol. The first-order chi connectivity index (χ1) is 12.5. The highest BCUT2D eigenvalue weighted by Crippen LogP contribution is 2.22. The minimum Gasteiger partial charge on any atom is -0.481 e. The number of amides is 1. The van der Waals surface area contributed by atoms with Gasteiger partial charge in [0.05, 0.1) is 17.8 Å². The molecule has 0 spiro atoms. The zero-order valence-corrected chi connectivity index (χ0v) is 14.5. The highest BCUT2D eigenvalue weighted by atomic mass is 19.1. The topological polar surface area (TPSA) is 75.4 Å². The number of likely N-dealkylation sites (tertiary alicyclic amines) is 1. The van der Waals surface area contributed by atoms with Crippen molar-refractivity contribution in [1.29, 1.82) is 0 Å². The van der Waals surface area contributed by atoms with Crippen molar-refractivity contribution in [3.63, 3.8) is 0 Å². The number of benzene rings is 1. The van der Waals surface area contributed by atoms with Crippen molar-refractivity contribution in [3.05, 3.63) is 48.0 Å². The SMILES string of the molecule is O=C(O)CC[C@@H]1CCCCN1C(=O)Cc1ccn(-c2ccc(F)cc2)n1. The van der Waals surface area contributed by atoms with Gasteiger partial charge < -0.3 is 10.0 Å². The second-order valence-electron chi connectivity index (χ2n) is 6.57. The summed E-state index contributed by atoms with van der Waals surface area (Å²) in [7, 11) is 0. The molecule has 0 saturated carbocycles. The third-order valence-corrected chi connectivity index (χ3v) is 4.71. The highest BCUT2D eigenvalue weighted by Gasteiger charge is 2.27. The first kappa shape index (κ1) is 18.1. The predicted molar refractivity (Wildman–Crippen MR) is 93.4 cm³/mol. The smallest absolute Gasteiger partial charge is 0.303 e. The van der Waals surface area contributed by atoms with Crippen LogP contribution < -0.4 is 0 Å². The minimum atomic E-state index is -0.832. The summed E-state index contributed by atoms with van der Waals surface area (Å²) in [4.78, 5) is 25.3. The van der Waals surface area contributed by atoms with E-state index < -0.39 is 5.97 Å². The Morgan fingerprint density at radius 3 is 2.69 bits per heavy atom. The number of carboxylic acids is 1. The number of hydrogen-bond donors (Lipinski definition) is 1. The predicted octanol–water partition coefficient (Wildman–Crippen LogP) is 2.80. The lowest BCUT2D eigenvalue weighted by atomic mass is 9.97. The van der Waals surface area contributed by atoms with Gasteiger partial charge in [-0.05, 0) is 56.0 Å². The molecule has 26 heavy (non-hydrogen) atoms. The largest absolute Gasteiger partial charge is 0.481 e. The summed E-state index contributed by atoms with van der Waals surface area (Å²) in [6, 6.07) is 7.75. The number of rotatable bonds is 6. The normalized spacial score (nSPS) is 17.3. The highest BCUT2D eigenvalue weighted by molar-refractivity contribution is 5.79. The quantitative estimate of drug-likeness (QED) is 0.861. The van der Waals surface area contributed by atoms with E-state index in [0.717, 1.165) is 24.9 Å². The summed E-state index contributed by atoms with van der Waals surface area (Å²) in [5.41, 5.74) is 1.37. The Kier molecular flexibility index (Phi) is 5.65. The Morgan fingerprint density at radius 2 is 1.96 bits per heavy atom. The van der Waals surface area contributed by atoms with Gasteiger partial charge in [-0.1, -0.05) is 0 Å². The van der Waals surface area contributed by atoms with E-state index in [9.17, 15) is 14.0 Å². The third-order valence-electron chi connectivity index (χ3n) is 4.71. The molecule has 1 aliphatic rings. The average Bonchev–Trinajstić information content (AvgIpc) is 3.09. The fourth-order valence-electron chi connectivity index (χ4n) is 3.37. The molecule has 0 bridgehead atoms. The molecule has 0 unspecified atom stereocenters. The minimum absolute atomic E-state index is 0.00784. The Hall–Kier alpha value is -2.70. The molecule has 1 atom stereocenters. The van der Waals surface area contributed by atoms with E-state index in [-0.39, 0.29) is 30.6 Å². The fraction of sp³-hybridized carbons (Fsp3) is 0.421. The van der Waals surface area contributed by atoms with Crippen molar-refractivity contribution >= 4 is 11.9 Å². The molecule has 138 valence electrons. The van der Waals surface area contributed by atoms with E-state index in [1.54, 1.807) is 29.1 Å². The van der Waals surface area contributed by atoms with Gasteiger partial charge in [-0.25, -0.2) is 9.07 Å². The summed E-state index contributed by atoms with van der Waals surface area (Å²) < 4.78 is 14.6. The number of carboxylic acid groups (broad SMARTS) is 1. The lowest BCUT2D eigenvalue weighted by Crippen LogP contribution is -2.44. The lowest BCUT2D eigenvalue weighted by Gasteiger charge is -2.35. The molecule has 1 fully saturated rings. The molecule has 1 amide bonds. The van der Waals surface area contributed by atoms with Crippen molar-refractivity contribution < 1.29 is 19.1 Å². The fourth-order valence-corrected chi connectivity index (χ4v) is 3.37. The van der Waals surface area contributed by atoms with Gasteiger partial charge in [0.15, 0.2) is 0 Å². The van der Waals surface area contributed by atoms with Gasteiger partial charge in [-0.2, -0.15) is 5.10 Å². The molecule has 1 N–H and O–H groups in total. The van der Waals surface area contributed by atoms with Crippen molar-refractivity contribution in [2.75, 3.05) is 6.54 Å². The van der Waals surface area contributed by atoms with Gasteiger partial charge in [0.1, 0.15) is 5.82 Å². The van der Waals surface area contributed by atoms with Gasteiger partial charge in [0, 0.05) is 25.2 Å². The van der Waals surface area contributed by atoms with Gasteiger partial charge in [0.2, 0.25) is 5.91 Å². The van der Waals surface area contributed by atoms with Gasteiger partial charge in [-0.15, -0.1) is 0 Å². The Labute approximate surface area is 151 Å². The van der Waals surface area contributed by atoms with Gasteiger partial charge in [0.25, 0.3) is 0 Å². The molecule has 2 heterocycles. The van der Waals surface area contributed by atoms with Gasteiger partial charge >= 0.3 is 5.97 Å². The number of nitrogens with zero attached hydrogens (tertiary/aromatic N) is 3. The Balaban J connectivity index is 1.65. The lowest BCUT2D eigenvalue weighted by molar-refractivity contribution is -0.139. The van der Waals surface area contributed by atoms with Crippen molar-refractivity contribution in [1.82, 2.24) is 14.7 Å². The van der Waals surface area contributed by atoms with Crippen LogP contribution in [-0.2, 0) is 16.0 Å². The molecule has 2 aromatic rings. The maximum absolute atomic E-state index is 13.0. The molecule has 6 nitrogen and oxygen atoms in total. The molecule has 0 aliphatic carbocycles. The molecule has 7 heteroatoms. The van der Waals surface area contributed by atoms with Crippen LogP contribution in [0.2, 0.25) is 0 Å². The van der Waals surface area contributed by atoms with Crippen LogP contribution in [0, 0.1) is 5.82 Å². The molecular weight excluding hydrogens is 337 g/mol. The van der Waals surface area contributed by atoms with Gasteiger partial charge in [-0.3, -0.25) is 9.59 Å². The van der Waals surface area contributed by atoms with Crippen LogP contribution in [0.4, 0.5) is 4.39 Å². The van der Waals surface area contributed by atoms with E-state index in [1.165, 1.54) is 12.1 Å². The number of piperidine rings is 1. The number of halogens is 1. The van der Waals surface area contributed by atoms with Crippen molar-refractivity contribution in [3.8, 4) is 5.69 Å². The number of aromatic nitrogens is 2. The Bertz CT molecular complexity index is 773. The Morgan fingerprint density at radius 1 is 1.19 bits per heavy atom. The summed E-state index contributed by atoms with van der Waals surface area (Å²) in [5, 5.41) is 13.3. The van der Waals surface area contributed by atoms with Crippen LogP contribution in [0.15, 0.2) is 36.5 Å². The van der Waals surface area contributed by atoms with E-state index in [4.69, 9.17) is 5.11 Å². The number of carbonyl (C=O) groups is 2. The first-order valence-electron chi connectivity index (χ1n) is 8.84. The number of carbonyl (C=O) groups excluding carboxylic acids is 1. The van der Waals surface area contributed by atoms with E-state index in [0.29, 0.717) is 18.7 Å². The van der Waals surface area contributed by atoms with Crippen LogP contribution in [-0.4, -0.2) is 44.3 Å². The molecule has 3 rings (SSSR count). The van der Waals surface area contributed by atoms with Crippen LogP contribution >= 0.6 is 0 Å². The zero-order valence-electron chi connectivity index (χ0n) is 14.5. The standard InChI is InChI=1S/C19H22FN3O3/c20-14-4-6-17(7-5-14)23-12-10-15(21-23)13-18(24)22-11-2-1-3-16(22)8-9-19(25)26/h4-7,10,12,16H,1-3,8-9,11,13H2,(H,25,26)/t16-/m0/s1. The first-order valence-corrected chi connectivity index (χ1v) is 8.84. The molecule has 1 aliphatic heterocycles. The van der Waals surface area contributed by atoms with Crippen LogP contribution in [0.3, 0.4) is 0 Å². The maximum atomic E-state index is 13.0. The summed E-state index contributed by atoms with van der Waals surface area (Å²) >= 11 is 0. The monoisotopic (exact) mass is 359 g/mol. The maximum Gasteiger partial charge on any atom is 0.303 e. The zero-order chi connectivity index (χ0) is 18.5. The van der Waals surface area contributed by atoms with Crippen molar-refractivity contribution in [2.24, 2.45) is 0 Å². The summed E-state index contributed by atoms with van der Waals surface area (Å²) in [6.45, 7) is 0.668. The molecule has 1 saturated heterocycles. The molecular formula is C19H22FN3O3. The van der Waals surface area contributed by atoms with E-state index in [1.807, 2.05) is 4.90 Å². The molecule has 1 aromatic heterocycles. The van der Waals surface area contributed by atoms with Crippen molar-refractivity contribution in [2.45, 2.75) is 44.6 Å². The van der Waals surface area contributed by atoms with E-state index in [2.05, 4.69) is 5.10 Å². The van der Waals surface area contributed by atoms with Crippen LogP contribution in [0.5, 0.6) is 0 Å². The van der Waals surface area contributed by atoms with Crippen LogP contribution in [0.1, 0.15) is 37.8 Å². The third kappa shape index (κ3) is 4.47. The molecule has 0 radical (unpaired) electrons. The summed E-state index contributed by atoms with van der Waals surface area (Å²) in [6.07, 6.45) is 5.31. The summed E-state index contributed by atoms with van der Waals surface area (Å²) in [5.74, 6) is -1.17. The number of aliphatic carboxylic acids is 1. The second kappa shape index (κ2) is 8.12. The van der Waals surface area contributed by atoms with Crippen LogP contribution in [0.25, 0.3) is 5.69 Å².